The maximum Gasteiger partial charge on any atom is 0.148 e. The Morgan fingerprint density at radius 2 is 1.54 bits per heavy atom. The van der Waals surface area contributed by atoms with Gasteiger partial charge in [-0.05, 0) is 77.5 Å². The van der Waals surface area contributed by atoms with Gasteiger partial charge in [0.1, 0.15) is 11.1 Å². The summed E-state index contributed by atoms with van der Waals surface area (Å²) in [6, 6.07) is 31.0. The molecule has 0 spiro atoms. The van der Waals surface area contributed by atoms with Gasteiger partial charge >= 0.3 is 0 Å². The molecule has 4 aromatic carbocycles. The first-order chi connectivity index (χ1) is 26.8. The molecular weight excluding hydrogens is 835 g/mol. The second kappa shape index (κ2) is 14.9. The molecule has 0 fully saturated rings. The molecule has 4 heterocycles. The van der Waals surface area contributed by atoms with Crippen molar-refractivity contribution < 1.29 is 32.7 Å². The van der Waals surface area contributed by atoms with E-state index in [4.69, 9.17) is 22.6 Å². The molecule has 52 heavy (non-hydrogen) atoms. The number of hydrogen-bond donors (Lipinski definition) is 0. The van der Waals surface area contributed by atoms with Gasteiger partial charge in [0.05, 0.1) is 15.3 Å². The molecule has 0 N–H and O–H groups in total. The molecule has 0 aliphatic carbocycles. The first-order valence-electron chi connectivity index (χ1n) is 20.0. The summed E-state index contributed by atoms with van der Waals surface area (Å²) >= 11 is 1.74. The molecule has 0 aliphatic heterocycles. The minimum absolute atomic E-state index is 0. The molecule has 6 heteroatoms. The van der Waals surface area contributed by atoms with Gasteiger partial charge in [0.15, 0.2) is 0 Å². The molecule has 0 amide bonds. The van der Waals surface area contributed by atoms with E-state index in [9.17, 15) is 0 Å². The molecule has 0 atom stereocenters. The monoisotopic (exact) mass is 884 g/mol. The van der Waals surface area contributed by atoms with E-state index in [1.54, 1.807) is 23.5 Å². The summed E-state index contributed by atoms with van der Waals surface area (Å²) in [5.41, 5.74) is 12.2. The van der Waals surface area contributed by atoms with Crippen molar-refractivity contribution in [1.29, 1.82) is 0 Å². The third-order valence-electron chi connectivity index (χ3n) is 9.02. The number of rotatable bonds is 4. The van der Waals surface area contributed by atoms with Gasteiger partial charge in [-0.3, -0.25) is 0 Å². The fraction of sp³-hybridized carbons (Fsp3) is 0.239. The third kappa shape index (κ3) is 7.25. The van der Waals surface area contributed by atoms with Crippen LogP contribution in [-0.4, -0.2) is 15.0 Å². The smallest absolute Gasteiger partial charge is 0.148 e. The molecule has 265 valence electrons. The summed E-state index contributed by atoms with van der Waals surface area (Å²) in [6.45, 7) is 11.1. The van der Waals surface area contributed by atoms with Crippen LogP contribution in [0.3, 0.4) is 0 Å². The minimum Gasteiger partial charge on any atom is -0.498 e. The Morgan fingerprint density at radius 3 is 2.19 bits per heavy atom. The second-order valence-electron chi connectivity index (χ2n) is 14.3. The first-order valence-corrected chi connectivity index (χ1v) is 17.9. The van der Waals surface area contributed by atoms with Crippen LogP contribution in [0.4, 0.5) is 0 Å². The van der Waals surface area contributed by atoms with E-state index in [0.29, 0.717) is 17.2 Å². The van der Waals surface area contributed by atoms with Crippen molar-refractivity contribution in [2.45, 2.75) is 73.5 Å². The Labute approximate surface area is 333 Å². The van der Waals surface area contributed by atoms with Crippen LogP contribution in [0.15, 0.2) is 95.7 Å². The van der Waals surface area contributed by atoms with E-state index in [0.717, 1.165) is 48.4 Å². The fourth-order valence-electron chi connectivity index (χ4n) is 6.36. The summed E-state index contributed by atoms with van der Waals surface area (Å²) in [4.78, 5) is 14.0. The Hall–Kier alpha value is -4.48. The number of aryl methyl sites for hydroxylation is 4. The molecule has 0 unspecified atom stereocenters. The molecule has 0 saturated heterocycles. The molecule has 1 radical (unpaired) electrons. The van der Waals surface area contributed by atoms with E-state index in [2.05, 4.69) is 108 Å². The van der Waals surface area contributed by atoms with E-state index in [1.165, 1.54) is 52.2 Å². The van der Waals surface area contributed by atoms with Gasteiger partial charge in [0, 0.05) is 51.5 Å². The van der Waals surface area contributed by atoms with Gasteiger partial charge in [0.25, 0.3) is 0 Å². The number of hydrogen-bond acceptors (Lipinski definition) is 5. The van der Waals surface area contributed by atoms with Crippen LogP contribution in [-0.2, 0) is 25.5 Å². The molecule has 4 aromatic heterocycles. The summed E-state index contributed by atoms with van der Waals surface area (Å²) in [7, 11) is 0. The zero-order valence-electron chi connectivity index (χ0n) is 36.2. The van der Waals surface area contributed by atoms with Gasteiger partial charge in [-0.1, -0.05) is 94.9 Å². The van der Waals surface area contributed by atoms with E-state index < -0.39 is 13.7 Å². The van der Waals surface area contributed by atoms with Crippen LogP contribution in [0.1, 0.15) is 81.6 Å². The largest absolute Gasteiger partial charge is 0.498 e. The molecule has 0 saturated carbocycles. The van der Waals surface area contributed by atoms with Crippen LogP contribution in [0, 0.1) is 39.7 Å². The number of aromatic nitrogens is 3. The second-order valence-corrected chi connectivity index (χ2v) is 15.3. The number of thiazole rings is 1. The maximum absolute atomic E-state index is 7.28. The zero-order chi connectivity index (χ0) is 41.0. The van der Waals surface area contributed by atoms with Crippen molar-refractivity contribution >= 4 is 43.5 Å². The van der Waals surface area contributed by atoms with E-state index in [1.807, 2.05) is 12.3 Å². The minimum atomic E-state index is -2.18. The summed E-state index contributed by atoms with van der Waals surface area (Å²) in [6.07, 6.45) is 3.33. The topological polar surface area (TPSA) is 51.8 Å². The zero-order valence-corrected chi connectivity index (χ0v) is 33.4. The van der Waals surface area contributed by atoms with Gasteiger partial charge < -0.3 is 14.4 Å². The SMILES string of the molecule is Cc1cccc(C)c1-c1cc(-c2[c-]ccc3c2oc2c3ccc3sc(C(C)(C)C)nc32)ncc1C(C)C.[2H]C([2H])([2H])c1c[c-]c(-c2ccc(C([2H])([2H])[2H])cn2)cc1.[Ir]. The van der Waals surface area contributed by atoms with Gasteiger partial charge in [-0.25, -0.2) is 4.98 Å². The van der Waals surface area contributed by atoms with Crippen LogP contribution in [0.25, 0.3) is 65.8 Å². The molecule has 0 bridgehead atoms. The fourth-order valence-corrected chi connectivity index (χ4v) is 7.38. The normalized spacial score (nSPS) is 13.8. The van der Waals surface area contributed by atoms with Crippen LogP contribution in [0.2, 0.25) is 0 Å². The molecular formula is C46H43IrN3OS-2. The van der Waals surface area contributed by atoms with Crippen LogP contribution < -0.4 is 0 Å². The average Bonchev–Trinajstić information content (AvgIpc) is 3.77. The Kier molecular flexibility index (Phi) is 8.59. The Bertz CT molecular complexity index is 2670. The third-order valence-corrected chi connectivity index (χ3v) is 10.5. The van der Waals surface area contributed by atoms with Crippen molar-refractivity contribution in [2.24, 2.45) is 0 Å². The predicted molar refractivity (Wildman–Crippen MR) is 215 cm³/mol. The van der Waals surface area contributed by atoms with Crippen molar-refractivity contribution in [3.8, 4) is 33.6 Å². The molecule has 4 nitrogen and oxygen atoms in total. The van der Waals surface area contributed by atoms with Crippen molar-refractivity contribution in [3.63, 3.8) is 0 Å². The number of furan rings is 1. The van der Waals surface area contributed by atoms with Crippen molar-refractivity contribution in [3.05, 3.63) is 136 Å². The molecule has 8 aromatic rings. The quantitative estimate of drug-likeness (QED) is 0.165. The van der Waals surface area contributed by atoms with Gasteiger partial charge in [0.2, 0.25) is 0 Å². The average molecular weight is 884 g/mol. The van der Waals surface area contributed by atoms with E-state index in [-0.39, 0.29) is 36.6 Å². The van der Waals surface area contributed by atoms with Crippen LogP contribution >= 0.6 is 11.3 Å². The van der Waals surface area contributed by atoms with Crippen LogP contribution in [0.5, 0.6) is 0 Å². The van der Waals surface area contributed by atoms with Gasteiger partial charge in [-0.2, -0.15) is 0 Å². The van der Waals surface area contributed by atoms with Crippen molar-refractivity contribution in [2.75, 3.05) is 0 Å². The summed E-state index contributed by atoms with van der Waals surface area (Å²) in [5, 5.41) is 3.27. The van der Waals surface area contributed by atoms with Gasteiger partial charge in [-0.15, -0.1) is 64.9 Å². The Balaban J connectivity index is 0.000000230. The molecule has 8 rings (SSSR count). The standard InChI is InChI=1S/C33H31N2OS.C13H12N.Ir/c1-18(2)25-17-34-26(16-24(25)28-19(3)10-8-11-20(28)4)23-13-9-12-21-22-14-15-27-29(31(22)36-30(21)23)35-32(37-27)33(5,6)7;1-10-3-6-12(7-4-10)13-8-5-11(2)9-14-13;/h8-12,14-18H,1-7H3;3-6,8-9H,1-2H3;/q2*-1;/i;1D3,2D3;. The summed E-state index contributed by atoms with van der Waals surface area (Å²) in [5.74, 6) is 0.358. The maximum atomic E-state index is 7.28. The number of pyridine rings is 2. The summed E-state index contributed by atoms with van der Waals surface area (Å²) < 4.78 is 51.4. The number of benzene rings is 4. The first kappa shape index (κ1) is 30.0. The predicted octanol–water partition coefficient (Wildman–Crippen LogP) is 12.9. The number of nitrogens with zero attached hydrogens (tertiary/aromatic N) is 3. The number of fused-ring (bicyclic) bond motifs is 5. The molecule has 0 aliphatic rings. The van der Waals surface area contributed by atoms with E-state index >= 15 is 0 Å². The Morgan fingerprint density at radius 1 is 0.808 bits per heavy atom. The van der Waals surface area contributed by atoms with Crippen molar-refractivity contribution in [1.82, 2.24) is 15.0 Å².